The summed E-state index contributed by atoms with van der Waals surface area (Å²) in [5, 5.41) is 9.88. The minimum absolute atomic E-state index is 0.00367. The Morgan fingerprint density at radius 2 is 1.88 bits per heavy atom. The molecule has 2 aliphatic rings. The number of halogens is 1. The number of hydrogen-bond donors (Lipinski definition) is 0. The molecule has 1 saturated heterocycles. The van der Waals surface area contributed by atoms with Crippen LogP contribution in [0.5, 0.6) is 0 Å². The first-order valence-corrected chi connectivity index (χ1v) is 11.0. The van der Waals surface area contributed by atoms with E-state index in [2.05, 4.69) is 11.1 Å². The van der Waals surface area contributed by atoms with Crippen LogP contribution in [-0.4, -0.2) is 36.1 Å². The molecule has 2 heterocycles. The Bertz CT molecular complexity index is 1200. The smallest absolute Gasteiger partial charge is 0.324 e. The van der Waals surface area contributed by atoms with E-state index >= 15 is 0 Å². The first kappa shape index (κ1) is 20.4. The summed E-state index contributed by atoms with van der Waals surface area (Å²) in [4.78, 5) is 20.9. The number of aromatic nitrogens is 1. The molecule has 0 bridgehead atoms. The highest BCUT2D eigenvalue weighted by Gasteiger charge is 2.47. The van der Waals surface area contributed by atoms with E-state index in [-0.39, 0.29) is 17.3 Å². The molecule has 1 spiro atoms. The van der Waals surface area contributed by atoms with Gasteiger partial charge in [0, 0.05) is 37.4 Å². The number of urea groups is 1. The molecule has 5 nitrogen and oxygen atoms in total. The summed E-state index contributed by atoms with van der Waals surface area (Å²) in [5.74, 6) is 0.199. The van der Waals surface area contributed by atoms with Gasteiger partial charge >= 0.3 is 6.03 Å². The van der Waals surface area contributed by atoms with Gasteiger partial charge in [0.2, 0.25) is 0 Å². The molecule has 1 saturated carbocycles. The topological polar surface area (TPSA) is 60.2 Å². The maximum absolute atomic E-state index is 13.8. The summed E-state index contributed by atoms with van der Waals surface area (Å²) in [6.07, 6.45) is 5.97. The summed E-state index contributed by atoms with van der Waals surface area (Å²) in [6, 6.07) is 16.0. The van der Waals surface area contributed by atoms with Crippen molar-refractivity contribution in [3.63, 3.8) is 0 Å². The van der Waals surface area contributed by atoms with Crippen LogP contribution < -0.4 is 4.90 Å². The first-order chi connectivity index (χ1) is 15.5. The molecule has 1 aliphatic carbocycles. The molecule has 3 aromatic rings. The van der Waals surface area contributed by atoms with E-state index in [1.807, 2.05) is 17.2 Å². The van der Waals surface area contributed by atoms with Gasteiger partial charge in [-0.05, 0) is 91.1 Å². The predicted molar refractivity (Wildman–Crippen MR) is 122 cm³/mol. The zero-order chi connectivity index (χ0) is 22.3. The molecule has 0 radical (unpaired) electrons. The summed E-state index contributed by atoms with van der Waals surface area (Å²) >= 11 is 0. The average Bonchev–Trinajstić information content (AvgIpc) is 2.81. The Balaban J connectivity index is 1.22. The molecule has 5 rings (SSSR count). The number of piperidine rings is 1. The van der Waals surface area contributed by atoms with Crippen LogP contribution in [0.1, 0.15) is 42.7 Å². The number of anilines is 1. The standard InChI is InChI=1S/C26H25FN4O/c1-30(21-5-2-18(17-28)3-6-21)25(32)31-12-9-26(10-13-31)15-19(16-26)22-8-11-29-24-7-4-20(27)14-23(22)24/h2-8,11,14,19H,9-10,12-13,15-16H2,1H3. The lowest BCUT2D eigenvalue weighted by Crippen LogP contribution is -2.51. The van der Waals surface area contributed by atoms with Crippen LogP contribution in [0.15, 0.2) is 54.7 Å². The van der Waals surface area contributed by atoms with Gasteiger partial charge in [-0.3, -0.25) is 9.88 Å². The molecule has 1 aliphatic heterocycles. The van der Waals surface area contributed by atoms with Gasteiger partial charge in [-0.15, -0.1) is 0 Å². The molecule has 162 valence electrons. The number of pyridine rings is 1. The molecule has 2 fully saturated rings. The Hall–Kier alpha value is -3.46. The number of fused-ring (bicyclic) bond motifs is 1. The van der Waals surface area contributed by atoms with Gasteiger partial charge in [0.15, 0.2) is 0 Å². The van der Waals surface area contributed by atoms with Crippen molar-refractivity contribution >= 4 is 22.6 Å². The van der Waals surface area contributed by atoms with Crippen LogP contribution >= 0.6 is 0 Å². The summed E-state index contributed by atoms with van der Waals surface area (Å²) in [5.41, 5.74) is 3.68. The Kier molecular flexibility index (Phi) is 5.05. The number of likely N-dealkylation sites (tertiary alicyclic amines) is 1. The molecular weight excluding hydrogens is 403 g/mol. The molecule has 1 aromatic heterocycles. The second-order valence-corrected chi connectivity index (χ2v) is 9.15. The highest BCUT2D eigenvalue weighted by Crippen LogP contribution is 2.57. The number of hydrogen-bond acceptors (Lipinski definition) is 3. The fraction of sp³-hybridized carbons (Fsp3) is 0.346. The molecule has 2 aromatic carbocycles. The zero-order valence-electron chi connectivity index (χ0n) is 18.1. The van der Waals surface area contributed by atoms with Gasteiger partial charge in [-0.1, -0.05) is 0 Å². The molecule has 2 amide bonds. The van der Waals surface area contributed by atoms with Crippen molar-refractivity contribution in [3.05, 3.63) is 71.7 Å². The van der Waals surface area contributed by atoms with Crippen molar-refractivity contribution in [2.45, 2.75) is 31.6 Å². The van der Waals surface area contributed by atoms with Crippen LogP contribution in [0.4, 0.5) is 14.9 Å². The van der Waals surface area contributed by atoms with Gasteiger partial charge in [-0.25, -0.2) is 9.18 Å². The second-order valence-electron chi connectivity index (χ2n) is 9.15. The number of carbonyl (C=O) groups excluding carboxylic acids is 1. The van der Waals surface area contributed by atoms with E-state index in [1.54, 1.807) is 48.3 Å². The maximum Gasteiger partial charge on any atom is 0.324 e. The first-order valence-electron chi connectivity index (χ1n) is 11.0. The lowest BCUT2D eigenvalue weighted by atomic mass is 9.56. The van der Waals surface area contributed by atoms with Crippen molar-refractivity contribution in [3.8, 4) is 6.07 Å². The summed E-state index contributed by atoms with van der Waals surface area (Å²) < 4.78 is 13.8. The summed E-state index contributed by atoms with van der Waals surface area (Å²) in [7, 11) is 1.78. The number of benzene rings is 2. The molecule has 32 heavy (non-hydrogen) atoms. The van der Waals surface area contributed by atoms with Crippen molar-refractivity contribution < 1.29 is 9.18 Å². The number of rotatable bonds is 2. The largest absolute Gasteiger partial charge is 0.324 e. The minimum atomic E-state index is -0.223. The van der Waals surface area contributed by atoms with Gasteiger partial charge in [0.25, 0.3) is 0 Å². The Morgan fingerprint density at radius 3 is 2.56 bits per heavy atom. The van der Waals surface area contributed by atoms with Crippen LogP contribution in [0.3, 0.4) is 0 Å². The van der Waals surface area contributed by atoms with Crippen LogP contribution in [0.25, 0.3) is 10.9 Å². The van der Waals surface area contributed by atoms with Gasteiger partial charge in [0.1, 0.15) is 5.82 Å². The molecule has 6 heteroatoms. The highest BCUT2D eigenvalue weighted by atomic mass is 19.1. The lowest BCUT2D eigenvalue weighted by molar-refractivity contribution is 0.0287. The number of carbonyl (C=O) groups is 1. The van der Waals surface area contributed by atoms with E-state index in [4.69, 9.17) is 5.26 Å². The van der Waals surface area contributed by atoms with Crippen molar-refractivity contribution in [1.29, 1.82) is 5.26 Å². The maximum atomic E-state index is 13.8. The number of amides is 2. The third kappa shape index (κ3) is 3.58. The molecule has 0 atom stereocenters. The average molecular weight is 429 g/mol. The van der Waals surface area contributed by atoms with Crippen molar-refractivity contribution in [1.82, 2.24) is 9.88 Å². The van der Waals surface area contributed by atoms with Crippen molar-refractivity contribution in [2.75, 3.05) is 25.0 Å². The fourth-order valence-corrected chi connectivity index (χ4v) is 5.36. The normalized spacial score (nSPS) is 17.7. The van der Waals surface area contributed by atoms with Crippen molar-refractivity contribution in [2.24, 2.45) is 5.41 Å². The third-order valence-electron chi connectivity index (χ3n) is 7.30. The number of nitriles is 1. The monoisotopic (exact) mass is 428 g/mol. The minimum Gasteiger partial charge on any atom is -0.324 e. The molecular formula is C26H25FN4O. The Morgan fingerprint density at radius 1 is 1.16 bits per heavy atom. The van der Waals surface area contributed by atoms with E-state index in [9.17, 15) is 9.18 Å². The SMILES string of the molecule is CN(C(=O)N1CCC2(CC1)CC(c1ccnc3ccc(F)cc13)C2)c1ccc(C#N)cc1. The fourth-order valence-electron chi connectivity index (χ4n) is 5.36. The Labute approximate surface area is 187 Å². The van der Waals surface area contributed by atoms with E-state index in [0.29, 0.717) is 11.5 Å². The van der Waals surface area contributed by atoms with Crippen LogP contribution in [0.2, 0.25) is 0 Å². The number of nitrogens with zero attached hydrogens (tertiary/aromatic N) is 4. The molecule has 0 unspecified atom stereocenters. The zero-order valence-corrected chi connectivity index (χ0v) is 18.1. The quantitative estimate of drug-likeness (QED) is 0.544. The van der Waals surface area contributed by atoms with E-state index in [1.165, 1.54) is 11.6 Å². The molecule has 0 N–H and O–H groups in total. The highest BCUT2D eigenvalue weighted by molar-refractivity contribution is 5.91. The third-order valence-corrected chi connectivity index (χ3v) is 7.30. The predicted octanol–water partition coefficient (Wildman–Crippen LogP) is 5.46. The lowest BCUT2D eigenvalue weighted by Gasteiger charge is -2.53. The van der Waals surface area contributed by atoms with Gasteiger partial charge in [-0.2, -0.15) is 5.26 Å². The summed E-state index contributed by atoms with van der Waals surface area (Å²) in [6.45, 7) is 1.50. The van der Waals surface area contributed by atoms with Gasteiger partial charge < -0.3 is 4.90 Å². The van der Waals surface area contributed by atoms with Crippen LogP contribution in [0, 0.1) is 22.6 Å². The second kappa shape index (κ2) is 7.90. The van der Waals surface area contributed by atoms with Crippen LogP contribution in [-0.2, 0) is 0 Å². The van der Waals surface area contributed by atoms with E-state index < -0.39 is 0 Å². The van der Waals surface area contributed by atoms with Gasteiger partial charge in [0.05, 0.1) is 17.1 Å². The van der Waals surface area contributed by atoms with E-state index in [0.717, 1.165) is 55.4 Å².